The number of hydrogen-bond acceptors (Lipinski definition) is 4. The number of carbonyl (C=O) groups excluding carboxylic acids is 2. The number of nitrogens with zero attached hydrogens (tertiary/aromatic N) is 1. The fourth-order valence-corrected chi connectivity index (χ4v) is 2.69. The molecule has 124 valence electrons. The van der Waals surface area contributed by atoms with Crippen molar-refractivity contribution < 1.29 is 14.3 Å². The Morgan fingerprint density at radius 1 is 1.12 bits per heavy atom. The lowest BCUT2D eigenvalue weighted by Gasteiger charge is -2.22. The lowest BCUT2D eigenvalue weighted by atomic mass is 9.97. The van der Waals surface area contributed by atoms with Crippen molar-refractivity contribution in [3.05, 3.63) is 59.9 Å². The highest BCUT2D eigenvalue weighted by Crippen LogP contribution is 2.46. The average molecular weight is 325 g/mol. The number of nitrogens with two attached hydrogens (primary N) is 1. The Kier molecular flexibility index (Phi) is 4.20. The molecule has 0 saturated heterocycles. The highest BCUT2D eigenvalue weighted by Gasteiger charge is 2.55. The molecule has 1 aliphatic rings. The molecular weight excluding hydrogens is 306 g/mol. The van der Waals surface area contributed by atoms with E-state index < -0.39 is 11.3 Å². The van der Waals surface area contributed by atoms with Crippen LogP contribution >= 0.6 is 0 Å². The Balaban J connectivity index is 1.91. The summed E-state index contributed by atoms with van der Waals surface area (Å²) in [6.45, 7) is 0. The molecular formula is C18H19N3O3. The van der Waals surface area contributed by atoms with Crippen LogP contribution in [0, 0.1) is 5.41 Å². The molecule has 1 aromatic heterocycles. The second-order valence-electron chi connectivity index (χ2n) is 5.91. The number of ether oxygens (including phenoxy) is 1. The molecule has 0 aliphatic heterocycles. The van der Waals surface area contributed by atoms with Crippen molar-refractivity contribution in [1.82, 2.24) is 10.3 Å². The molecule has 2 amide bonds. The summed E-state index contributed by atoms with van der Waals surface area (Å²) in [7, 11) is 1.60. The van der Waals surface area contributed by atoms with E-state index in [9.17, 15) is 9.59 Å². The number of benzene rings is 1. The molecule has 1 aromatic carbocycles. The number of rotatable bonds is 6. The van der Waals surface area contributed by atoms with Gasteiger partial charge in [0.25, 0.3) is 0 Å². The lowest BCUT2D eigenvalue weighted by Crippen LogP contribution is -2.42. The van der Waals surface area contributed by atoms with Gasteiger partial charge >= 0.3 is 0 Å². The molecule has 3 N–H and O–H groups in total. The highest BCUT2D eigenvalue weighted by molar-refractivity contribution is 6.07. The van der Waals surface area contributed by atoms with E-state index in [1.54, 1.807) is 19.5 Å². The van der Waals surface area contributed by atoms with Gasteiger partial charge in [-0.2, -0.15) is 0 Å². The Bertz CT molecular complexity index is 740. The number of pyridine rings is 1. The smallest absolute Gasteiger partial charge is 0.236 e. The molecule has 2 aromatic rings. The van der Waals surface area contributed by atoms with Gasteiger partial charge in [0.05, 0.1) is 13.2 Å². The molecule has 1 saturated carbocycles. The molecule has 0 spiro atoms. The van der Waals surface area contributed by atoms with Gasteiger partial charge in [-0.3, -0.25) is 14.6 Å². The normalized spacial score (nSPS) is 16.0. The fraction of sp³-hybridized carbons (Fsp3) is 0.278. The maximum absolute atomic E-state index is 12.6. The van der Waals surface area contributed by atoms with Crippen molar-refractivity contribution in [1.29, 1.82) is 0 Å². The first-order valence-electron chi connectivity index (χ1n) is 7.71. The van der Waals surface area contributed by atoms with E-state index in [4.69, 9.17) is 10.5 Å². The van der Waals surface area contributed by atoms with Crippen LogP contribution in [-0.4, -0.2) is 23.9 Å². The standard InChI is InChI=1S/C18H19N3O3/c1-24-14-4-2-12(3-5-14)15(13-6-10-20-11-7-13)21-17(23)18(8-9-18)16(19)22/h2-7,10-11,15H,8-9H2,1H3,(H2,19,22)(H,21,23). The summed E-state index contributed by atoms with van der Waals surface area (Å²) >= 11 is 0. The SMILES string of the molecule is COc1ccc(C(NC(=O)C2(C(N)=O)CC2)c2ccncc2)cc1. The van der Waals surface area contributed by atoms with E-state index in [1.807, 2.05) is 36.4 Å². The van der Waals surface area contributed by atoms with Gasteiger partial charge in [-0.1, -0.05) is 12.1 Å². The molecule has 0 radical (unpaired) electrons. The first kappa shape index (κ1) is 16.0. The topological polar surface area (TPSA) is 94.3 Å². The number of hydrogen-bond donors (Lipinski definition) is 2. The molecule has 1 fully saturated rings. The van der Waals surface area contributed by atoms with E-state index in [1.165, 1.54) is 0 Å². The number of nitrogens with one attached hydrogen (secondary N) is 1. The molecule has 3 rings (SSSR count). The number of primary amides is 1. The molecule has 0 bridgehead atoms. The Hall–Kier alpha value is -2.89. The van der Waals surface area contributed by atoms with Crippen molar-refractivity contribution in [2.75, 3.05) is 7.11 Å². The van der Waals surface area contributed by atoms with E-state index in [0.29, 0.717) is 12.8 Å². The van der Waals surface area contributed by atoms with Crippen LogP contribution in [0.1, 0.15) is 30.0 Å². The Morgan fingerprint density at radius 3 is 2.21 bits per heavy atom. The summed E-state index contributed by atoms with van der Waals surface area (Å²) in [5, 5.41) is 2.96. The van der Waals surface area contributed by atoms with Gasteiger partial charge in [0.1, 0.15) is 11.2 Å². The number of amides is 2. The quantitative estimate of drug-likeness (QED) is 0.788. The van der Waals surface area contributed by atoms with Crippen molar-refractivity contribution in [2.45, 2.75) is 18.9 Å². The van der Waals surface area contributed by atoms with Gasteiger partial charge in [0, 0.05) is 12.4 Å². The van der Waals surface area contributed by atoms with Gasteiger partial charge in [-0.05, 0) is 48.2 Å². The van der Waals surface area contributed by atoms with Gasteiger partial charge in [-0.25, -0.2) is 0 Å². The Morgan fingerprint density at radius 2 is 1.71 bits per heavy atom. The van der Waals surface area contributed by atoms with Crippen LogP contribution in [0.4, 0.5) is 0 Å². The van der Waals surface area contributed by atoms with Crippen LogP contribution in [0.15, 0.2) is 48.8 Å². The van der Waals surface area contributed by atoms with E-state index in [-0.39, 0.29) is 11.9 Å². The van der Waals surface area contributed by atoms with Gasteiger partial charge < -0.3 is 15.8 Å². The summed E-state index contributed by atoms with van der Waals surface area (Å²) in [6, 6.07) is 10.7. The first-order chi connectivity index (χ1) is 11.6. The minimum Gasteiger partial charge on any atom is -0.497 e. The van der Waals surface area contributed by atoms with E-state index >= 15 is 0 Å². The summed E-state index contributed by atoms with van der Waals surface area (Å²) in [6.07, 6.45) is 4.33. The summed E-state index contributed by atoms with van der Waals surface area (Å²) < 4.78 is 5.17. The fourth-order valence-electron chi connectivity index (χ4n) is 2.69. The first-order valence-corrected chi connectivity index (χ1v) is 7.71. The van der Waals surface area contributed by atoms with Crippen LogP contribution in [0.5, 0.6) is 5.75 Å². The summed E-state index contributed by atoms with van der Waals surface area (Å²) in [5.41, 5.74) is 6.10. The zero-order valence-corrected chi connectivity index (χ0v) is 13.4. The zero-order chi connectivity index (χ0) is 17.2. The third kappa shape index (κ3) is 2.95. The van der Waals surface area contributed by atoms with Crippen LogP contribution in [-0.2, 0) is 9.59 Å². The van der Waals surface area contributed by atoms with Crippen molar-refractivity contribution >= 4 is 11.8 Å². The Labute approximate surface area is 140 Å². The summed E-state index contributed by atoms with van der Waals surface area (Å²) in [4.78, 5) is 28.2. The molecule has 1 aliphatic carbocycles. The second-order valence-corrected chi connectivity index (χ2v) is 5.91. The van der Waals surface area contributed by atoms with E-state index in [0.717, 1.165) is 16.9 Å². The lowest BCUT2D eigenvalue weighted by molar-refractivity contribution is -0.135. The predicted molar refractivity (Wildman–Crippen MR) is 88.1 cm³/mol. The monoisotopic (exact) mass is 325 g/mol. The molecule has 6 nitrogen and oxygen atoms in total. The van der Waals surface area contributed by atoms with Gasteiger partial charge in [0.15, 0.2) is 0 Å². The maximum atomic E-state index is 12.6. The number of methoxy groups -OCH3 is 1. The molecule has 1 atom stereocenters. The van der Waals surface area contributed by atoms with Crippen LogP contribution < -0.4 is 15.8 Å². The molecule has 1 heterocycles. The van der Waals surface area contributed by atoms with Crippen LogP contribution in [0.3, 0.4) is 0 Å². The average Bonchev–Trinajstić information content (AvgIpc) is 3.42. The third-order valence-electron chi connectivity index (χ3n) is 4.42. The minimum atomic E-state index is -1.06. The molecule has 24 heavy (non-hydrogen) atoms. The molecule has 6 heteroatoms. The van der Waals surface area contributed by atoms with Crippen LogP contribution in [0.25, 0.3) is 0 Å². The second kappa shape index (κ2) is 6.31. The van der Waals surface area contributed by atoms with Crippen molar-refractivity contribution in [3.63, 3.8) is 0 Å². The highest BCUT2D eigenvalue weighted by atomic mass is 16.5. The molecule has 1 unspecified atom stereocenters. The third-order valence-corrected chi connectivity index (χ3v) is 4.42. The zero-order valence-electron chi connectivity index (χ0n) is 13.4. The predicted octanol–water partition coefficient (Wildman–Crippen LogP) is 1.56. The van der Waals surface area contributed by atoms with Crippen molar-refractivity contribution in [3.8, 4) is 5.75 Å². The van der Waals surface area contributed by atoms with Gasteiger partial charge in [0.2, 0.25) is 11.8 Å². The number of carbonyl (C=O) groups is 2. The maximum Gasteiger partial charge on any atom is 0.236 e. The van der Waals surface area contributed by atoms with Gasteiger partial charge in [-0.15, -0.1) is 0 Å². The van der Waals surface area contributed by atoms with E-state index in [2.05, 4.69) is 10.3 Å². The van der Waals surface area contributed by atoms with Crippen molar-refractivity contribution in [2.24, 2.45) is 11.1 Å². The number of aromatic nitrogens is 1. The van der Waals surface area contributed by atoms with Crippen LogP contribution in [0.2, 0.25) is 0 Å². The minimum absolute atomic E-state index is 0.326. The summed E-state index contributed by atoms with van der Waals surface area (Å²) in [5.74, 6) is -0.162. The largest absolute Gasteiger partial charge is 0.497 e.